The highest BCUT2D eigenvalue weighted by Gasteiger charge is 2.26. The summed E-state index contributed by atoms with van der Waals surface area (Å²) in [5, 5.41) is 8.81. The fraction of sp³-hybridized carbons (Fsp3) is 0.500. The third-order valence-electron chi connectivity index (χ3n) is 3.83. The lowest BCUT2D eigenvalue weighted by Crippen LogP contribution is -2.40. The second-order valence-electron chi connectivity index (χ2n) is 5.32. The maximum absolute atomic E-state index is 12.3. The maximum Gasteiger partial charge on any atom is 0.335 e. The average molecular weight is 297 g/mol. The lowest BCUT2D eigenvalue weighted by Gasteiger charge is -2.29. The fourth-order valence-electron chi connectivity index (χ4n) is 2.54. The summed E-state index contributed by atoms with van der Waals surface area (Å²) in [5.74, 6) is -0.736. The molecular formula is C14H19NO4S. The monoisotopic (exact) mass is 297 g/mol. The zero-order valence-corrected chi connectivity index (χ0v) is 12.2. The third-order valence-corrected chi connectivity index (χ3v) is 5.34. The van der Waals surface area contributed by atoms with E-state index in [9.17, 15) is 13.2 Å². The van der Waals surface area contributed by atoms with E-state index in [2.05, 4.69) is 11.6 Å². The molecule has 1 fully saturated rings. The van der Waals surface area contributed by atoms with E-state index >= 15 is 0 Å². The number of aromatic carboxylic acids is 1. The maximum atomic E-state index is 12.3. The van der Waals surface area contributed by atoms with Crippen LogP contribution in [0.15, 0.2) is 29.2 Å². The van der Waals surface area contributed by atoms with Crippen LogP contribution in [0.3, 0.4) is 0 Å². The molecule has 0 amide bonds. The van der Waals surface area contributed by atoms with Gasteiger partial charge in [0.25, 0.3) is 0 Å². The molecule has 2 N–H and O–H groups in total. The third kappa shape index (κ3) is 3.37. The Kier molecular flexibility index (Phi) is 4.45. The molecule has 0 radical (unpaired) electrons. The molecule has 20 heavy (non-hydrogen) atoms. The molecule has 1 aliphatic rings. The van der Waals surface area contributed by atoms with E-state index in [-0.39, 0.29) is 16.5 Å². The molecule has 2 rings (SSSR count). The van der Waals surface area contributed by atoms with Gasteiger partial charge in [-0.3, -0.25) is 0 Å². The Bertz CT molecular complexity index is 580. The van der Waals surface area contributed by atoms with Crippen LogP contribution in [-0.4, -0.2) is 25.5 Å². The van der Waals surface area contributed by atoms with Crippen molar-refractivity contribution in [3.05, 3.63) is 29.8 Å². The van der Waals surface area contributed by atoms with Crippen LogP contribution >= 0.6 is 0 Å². The van der Waals surface area contributed by atoms with Crippen molar-refractivity contribution in [3.63, 3.8) is 0 Å². The fourth-order valence-corrected chi connectivity index (χ4v) is 3.91. The molecule has 1 aromatic rings. The Labute approximate surface area is 119 Å². The van der Waals surface area contributed by atoms with Crippen molar-refractivity contribution in [1.29, 1.82) is 0 Å². The number of rotatable bonds is 4. The average Bonchev–Trinajstić information content (AvgIpc) is 2.41. The Balaban J connectivity index is 2.15. The van der Waals surface area contributed by atoms with Crippen LogP contribution in [0.4, 0.5) is 0 Å². The van der Waals surface area contributed by atoms with Crippen molar-refractivity contribution in [3.8, 4) is 0 Å². The van der Waals surface area contributed by atoms with Gasteiger partial charge in [0.15, 0.2) is 0 Å². The lowest BCUT2D eigenvalue weighted by molar-refractivity contribution is 0.0696. The lowest BCUT2D eigenvalue weighted by atomic mass is 9.87. The minimum atomic E-state index is -3.58. The van der Waals surface area contributed by atoms with Gasteiger partial charge in [-0.25, -0.2) is 17.9 Å². The molecule has 0 spiro atoms. The summed E-state index contributed by atoms with van der Waals surface area (Å²) in [5.41, 5.74) is 0.0787. The van der Waals surface area contributed by atoms with Crippen molar-refractivity contribution >= 4 is 16.0 Å². The number of hydrogen-bond donors (Lipinski definition) is 2. The molecule has 5 nitrogen and oxygen atoms in total. The van der Waals surface area contributed by atoms with E-state index in [1.54, 1.807) is 0 Å². The number of carboxylic acids is 1. The summed E-state index contributed by atoms with van der Waals surface area (Å²) in [6.45, 7) is 2.06. The minimum absolute atomic E-state index is 0.0344. The summed E-state index contributed by atoms with van der Waals surface area (Å²) in [6.07, 6.45) is 4.07. The van der Waals surface area contributed by atoms with Crippen LogP contribution in [0, 0.1) is 5.92 Å². The molecule has 0 bridgehead atoms. The first-order valence-electron chi connectivity index (χ1n) is 6.76. The normalized spacial score (nSPS) is 23.4. The molecule has 0 heterocycles. The molecule has 1 aromatic carbocycles. The summed E-state index contributed by atoms with van der Waals surface area (Å²) < 4.78 is 27.3. The second kappa shape index (κ2) is 5.93. The van der Waals surface area contributed by atoms with Crippen molar-refractivity contribution < 1.29 is 18.3 Å². The zero-order chi connectivity index (χ0) is 14.8. The summed E-state index contributed by atoms with van der Waals surface area (Å²) in [4.78, 5) is 10.9. The molecule has 0 saturated heterocycles. The number of carboxylic acid groups (broad SMARTS) is 1. The molecule has 0 unspecified atom stereocenters. The van der Waals surface area contributed by atoms with Gasteiger partial charge in [0, 0.05) is 6.04 Å². The van der Waals surface area contributed by atoms with Gasteiger partial charge in [-0.2, -0.15) is 0 Å². The molecule has 110 valence electrons. The minimum Gasteiger partial charge on any atom is -0.478 e. The van der Waals surface area contributed by atoms with Crippen LogP contribution in [0.25, 0.3) is 0 Å². The van der Waals surface area contributed by atoms with Crippen LogP contribution < -0.4 is 4.72 Å². The van der Waals surface area contributed by atoms with E-state index in [0.717, 1.165) is 25.7 Å². The SMILES string of the molecule is C[C@H]1CCCC[C@H]1NS(=O)(=O)c1ccc(C(=O)O)cc1. The largest absolute Gasteiger partial charge is 0.478 e. The van der Waals surface area contributed by atoms with Crippen LogP contribution in [0.5, 0.6) is 0 Å². The van der Waals surface area contributed by atoms with Crippen LogP contribution in [0.2, 0.25) is 0 Å². The first kappa shape index (κ1) is 15.0. The number of sulfonamides is 1. The van der Waals surface area contributed by atoms with Crippen LogP contribution in [-0.2, 0) is 10.0 Å². The topological polar surface area (TPSA) is 83.5 Å². The summed E-state index contributed by atoms with van der Waals surface area (Å²) in [6, 6.07) is 5.24. The first-order valence-corrected chi connectivity index (χ1v) is 8.24. The van der Waals surface area contributed by atoms with E-state index < -0.39 is 16.0 Å². The van der Waals surface area contributed by atoms with E-state index in [0.29, 0.717) is 5.92 Å². The first-order chi connectivity index (χ1) is 9.40. The molecule has 2 atom stereocenters. The molecule has 6 heteroatoms. The van der Waals surface area contributed by atoms with Crippen molar-refractivity contribution in [1.82, 2.24) is 4.72 Å². The van der Waals surface area contributed by atoms with E-state index in [1.165, 1.54) is 24.3 Å². The molecule has 0 aromatic heterocycles. The Morgan fingerprint density at radius 2 is 1.80 bits per heavy atom. The number of carbonyl (C=O) groups is 1. The van der Waals surface area contributed by atoms with Crippen molar-refractivity contribution in [2.45, 2.75) is 43.5 Å². The molecule has 1 aliphatic carbocycles. The Morgan fingerprint density at radius 3 is 2.35 bits per heavy atom. The Morgan fingerprint density at radius 1 is 1.20 bits per heavy atom. The summed E-state index contributed by atoms with van der Waals surface area (Å²) >= 11 is 0. The number of nitrogens with one attached hydrogen (secondary N) is 1. The Hall–Kier alpha value is -1.40. The standard InChI is InChI=1S/C14H19NO4S/c1-10-4-2-3-5-13(10)15-20(18,19)12-8-6-11(7-9-12)14(16)17/h6-10,13,15H,2-5H2,1H3,(H,16,17)/t10-,13+/m0/s1. The number of benzene rings is 1. The van der Waals surface area contributed by atoms with Gasteiger partial charge in [0.1, 0.15) is 0 Å². The quantitative estimate of drug-likeness (QED) is 0.892. The molecular weight excluding hydrogens is 278 g/mol. The summed E-state index contributed by atoms with van der Waals surface area (Å²) in [7, 11) is -3.58. The van der Waals surface area contributed by atoms with Crippen LogP contribution in [0.1, 0.15) is 43.0 Å². The highest BCUT2D eigenvalue weighted by Crippen LogP contribution is 2.25. The highest BCUT2D eigenvalue weighted by atomic mass is 32.2. The van der Waals surface area contributed by atoms with Gasteiger partial charge in [-0.05, 0) is 43.0 Å². The second-order valence-corrected chi connectivity index (χ2v) is 7.03. The zero-order valence-electron chi connectivity index (χ0n) is 11.4. The van der Waals surface area contributed by atoms with Gasteiger partial charge >= 0.3 is 5.97 Å². The van der Waals surface area contributed by atoms with E-state index in [4.69, 9.17) is 5.11 Å². The predicted octanol–water partition coefficient (Wildman–Crippen LogP) is 2.24. The van der Waals surface area contributed by atoms with Gasteiger partial charge in [0.05, 0.1) is 10.5 Å². The van der Waals surface area contributed by atoms with Gasteiger partial charge < -0.3 is 5.11 Å². The predicted molar refractivity (Wildman–Crippen MR) is 75.1 cm³/mol. The van der Waals surface area contributed by atoms with Gasteiger partial charge in [-0.15, -0.1) is 0 Å². The van der Waals surface area contributed by atoms with Crippen molar-refractivity contribution in [2.24, 2.45) is 5.92 Å². The highest BCUT2D eigenvalue weighted by molar-refractivity contribution is 7.89. The smallest absolute Gasteiger partial charge is 0.335 e. The van der Waals surface area contributed by atoms with Gasteiger partial charge in [0.2, 0.25) is 10.0 Å². The number of hydrogen-bond acceptors (Lipinski definition) is 3. The molecule has 0 aliphatic heterocycles. The van der Waals surface area contributed by atoms with Gasteiger partial charge in [-0.1, -0.05) is 19.8 Å². The molecule has 1 saturated carbocycles. The van der Waals surface area contributed by atoms with Crippen molar-refractivity contribution in [2.75, 3.05) is 0 Å². The van der Waals surface area contributed by atoms with E-state index in [1.807, 2.05) is 0 Å².